The van der Waals surface area contributed by atoms with Crippen LogP contribution in [-0.2, 0) is 19.8 Å². The van der Waals surface area contributed by atoms with Crippen LogP contribution in [0, 0.1) is 0 Å². The van der Waals surface area contributed by atoms with Crippen molar-refractivity contribution >= 4 is 0 Å². The molecule has 1 heterocycles. The average molecular weight is 488 g/mol. The SMILES string of the molecule is COc1cc(C(O)c2c(OCc3ccccc3)c(=O)ccn2CCO)ccc1OCc1ccccc1. The van der Waals surface area contributed by atoms with Crippen LogP contribution in [0.3, 0.4) is 0 Å². The van der Waals surface area contributed by atoms with Gasteiger partial charge in [0.1, 0.15) is 19.3 Å². The first-order valence-electron chi connectivity index (χ1n) is 11.6. The zero-order valence-corrected chi connectivity index (χ0v) is 20.0. The molecule has 0 spiro atoms. The molecule has 1 atom stereocenters. The Balaban J connectivity index is 1.64. The Morgan fingerprint density at radius 1 is 0.833 bits per heavy atom. The minimum absolute atomic E-state index is 0.0330. The van der Waals surface area contributed by atoms with E-state index in [2.05, 4.69) is 0 Å². The van der Waals surface area contributed by atoms with E-state index in [-0.39, 0.29) is 36.6 Å². The van der Waals surface area contributed by atoms with Crippen LogP contribution in [-0.4, -0.2) is 28.5 Å². The van der Waals surface area contributed by atoms with Gasteiger partial charge in [-0.3, -0.25) is 4.79 Å². The third-order valence-electron chi connectivity index (χ3n) is 5.74. The molecule has 4 aromatic rings. The highest BCUT2D eigenvalue weighted by molar-refractivity contribution is 5.46. The molecule has 0 saturated carbocycles. The summed E-state index contributed by atoms with van der Waals surface area (Å²) < 4.78 is 19.0. The highest BCUT2D eigenvalue weighted by atomic mass is 16.5. The van der Waals surface area contributed by atoms with Crippen molar-refractivity contribution in [2.75, 3.05) is 13.7 Å². The molecule has 186 valence electrons. The van der Waals surface area contributed by atoms with Gasteiger partial charge in [-0.2, -0.15) is 0 Å². The molecule has 0 aliphatic heterocycles. The van der Waals surface area contributed by atoms with Crippen molar-refractivity contribution in [3.63, 3.8) is 0 Å². The van der Waals surface area contributed by atoms with E-state index in [0.717, 1.165) is 11.1 Å². The Hall–Kier alpha value is -4.07. The summed E-state index contributed by atoms with van der Waals surface area (Å²) in [6.07, 6.45) is 0.328. The number of rotatable bonds is 11. The minimum atomic E-state index is -1.21. The first-order chi connectivity index (χ1) is 17.6. The molecule has 7 heteroatoms. The molecule has 7 nitrogen and oxygen atoms in total. The van der Waals surface area contributed by atoms with Crippen molar-refractivity contribution in [2.24, 2.45) is 0 Å². The Morgan fingerprint density at radius 2 is 1.47 bits per heavy atom. The summed E-state index contributed by atoms with van der Waals surface area (Å²) in [5.74, 6) is 1.01. The van der Waals surface area contributed by atoms with Crippen LogP contribution in [0.2, 0.25) is 0 Å². The number of benzene rings is 3. The van der Waals surface area contributed by atoms with E-state index in [1.165, 1.54) is 13.2 Å². The largest absolute Gasteiger partial charge is 0.493 e. The van der Waals surface area contributed by atoms with Gasteiger partial charge in [-0.05, 0) is 28.8 Å². The van der Waals surface area contributed by atoms with Crippen molar-refractivity contribution in [1.29, 1.82) is 0 Å². The number of nitrogens with zero attached hydrogens (tertiary/aromatic N) is 1. The lowest BCUT2D eigenvalue weighted by atomic mass is 10.0. The van der Waals surface area contributed by atoms with Crippen LogP contribution >= 0.6 is 0 Å². The van der Waals surface area contributed by atoms with E-state index in [1.807, 2.05) is 60.7 Å². The lowest BCUT2D eigenvalue weighted by molar-refractivity contribution is 0.189. The molecular formula is C29H29NO6. The van der Waals surface area contributed by atoms with Gasteiger partial charge >= 0.3 is 0 Å². The molecule has 2 N–H and O–H groups in total. The Morgan fingerprint density at radius 3 is 2.08 bits per heavy atom. The second-order valence-electron chi connectivity index (χ2n) is 8.17. The van der Waals surface area contributed by atoms with Crippen LogP contribution in [0.5, 0.6) is 17.2 Å². The standard InChI is InChI=1S/C29H29NO6/c1-34-26-18-23(12-13-25(26)35-19-21-8-4-2-5-9-21)28(33)27-29(24(32)14-15-30(27)16-17-31)36-20-22-10-6-3-7-11-22/h2-15,18,28,31,33H,16-17,19-20H2,1H3. The van der Waals surface area contributed by atoms with Gasteiger partial charge in [-0.1, -0.05) is 66.7 Å². The highest BCUT2D eigenvalue weighted by Crippen LogP contribution is 2.35. The molecule has 1 aromatic heterocycles. The maximum atomic E-state index is 12.8. The number of hydrogen-bond acceptors (Lipinski definition) is 6. The Labute approximate surface area is 209 Å². The predicted molar refractivity (Wildman–Crippen MR) is 136 cm³/mol. The van der Waals surface area contributed by atoms with Crippen LogP contribution in [0.25, 0.3) is 0 Å². The minimum Gasteiger partial charge on any atom is -0.493 e. The second-order valence-corrected chi connectivity index (χ2v) is 8.17. The van der Waals surface area contributed by atoms with Crippen molar-refractivity contribution < 1.29 is 24.4 Å². The van der Waals surface area contributed by atoms with Crippen LogP contribution < -0.4 is 19.6 Å². The zero-order chi connectivity index (χ0) is 25.3. The van der Waals surface area contributed by atoms with E-state index >= 15 is 0 Å². The number of aromatic nitrogens is 1. The van der Waals surface area contributed by atoms with E-state index in [4.69, 9.17) is 14.2 Å². The van der Waals surface area contributed by atoms with Crippen LogP contribution in [0.4, 0.5) is 0 Å². The molecule has 1 unspecified atom stereocenters. The number of ether oxygens (including phenoxy) is 3. The quantitative estimate of drug-likeness (QED) is 0.331. The lowest BCUT2D eigenvalue weighted by Gasteiger charge is -2.22. The molecule has 0 saturated heterocycles. The van der Waals surface area contributed by atoms with Gasteiger partial charge in [-0.25, -0.2) is 0 Å². The smallest absolute Gasteiger partial charge is 0.223 e. The van der Waals surface area contributed by atoms with E-state index in [9.17, 15) is 15.0 Å². The van der Waals surface area contributed by atoms with E-state index in [0.29, 0.717) is 23.7 Å². The number of pyridine rings is 1. The summed E-state index contributed by atoms with van der Waals surface area (Å²) in [5.41, 5.74) is 2.29. The zero-order valence-electron chi connectivity index (χ0n) is 20.0. The number of aliphatic hydroxyl groups is 2. The summed E-state index contributed by atoms with van der Waals surface area (Å²) >= 11 is 0. The van der Waals surface area contributed by atoms with Crippen LogP contribution in [0.1, 0.15) is 28.5 Å². The Kier molecular flexibility index (Phi) is 8.39. The van der Waals surface area contributed by atoms with Crippen molar-refractivity contribution in [2.45, 2.75) is 25.9 Å². The van der Waals surface area contributed by atoms with Gasteiger partial charge in [0.2, 0.25) is 5.43 Å². The third kappa shape index (κ3) is 5.94. The fraction of sp³-hybridized carbons (Fsp3) is 0.207. The topological polar surface area (TPSA) is 90.2 Å². The molecule has 0 aliphatic carbocycles. The third-order valence-corrected chi connectivity index (χ3v) is 5.74. The van der Waals surface area contributed by atoms with Gasteiger partial charge in [0.25, 0.3) is 0 Å². The first-order valence-corrected chi connectivity index (χ1v) is 11.6. The molecule has 0 aliphatic rings. The van der Waals surface area contributed by atoms with Gasteiger partial charge in [0.15, 0.2) is 17.2 Å². The second kappa shape index (κ2) is 12.1. The monoisotopic (exact) mass is 487 g/mol. The van der Waals surface area contributed by atoms with Crippen molar-refractivity contribution in [3.8, 4) is 17.2 Å². The van der Waals surface area contributed by atoms with Gasteiger partial charge in [-0.15, -0.1) is 0 Å². The summed E-state index contributed by atoms with van der Waals surface area (Å²) in [5, 5.41) is 21.0. The van der Waals surface area contributed by atoms with Gasteiger partial charge < -0.3 is 29.0 Å². The van der Waals surface area contributed by atoms with Crippen molar-refractivity contribution in [1.82, 2.24) is 4.57 Å². The van der Waals surface area contributed by atoms with E-state index in [1.54, 1.807) is 29.0 Å². The maximum Gasteiger partial charge on any atom is 0.223 e. The molecule has 0 fully saturated rings. The number of aliphatic hydroxyl groups excluding tert-OH is 2. The van der Waals surface area contributed by atoms with Crippen LogP contribution in [0.15, 0.2) is 95.9 Å². The first kappa shape index (κ1) is 25.0. The molecule has 4 rings (SSSR count). The highest BCUT2D eigenvalue weighted by Gasteiger charge is 2.23. The van der Waals surface area contributed by atoms with Gasteiger partial charge in [0.05, 0.1) is 19.4 Å². The molecular weight excluding hydrogens is 458 g/mol. The summed E-state index contributed by atoms with van der Waals surface area (Å²) in [6, 6.07) is 25.7. The summed E-state index contributed by atoms with van der Waals surface area (Å²) in [4.78, 5) is 12.8. The fourth-order valence-corrected chi connectivity index (χ4v) is 3.90. The number of methoxy groups -OCH3 is 1. The van der Waals surface area contributed by atoms with E-state index < -0.39 is 6.10 Å². The van der Waals surface area contributed by atoms with Gasteiger partial charge in [0, 0.05) is 18.8 Å². The normalized spacial score (nSPS) is 11.6. The molecule has 36 heavy (non-hydrogen) atoms. The molecule has 0 radical (unpaired) electrons. The van der Waals surface area contributed by atoms with Crippen molar-refractivity contribution in [3.05, 3.63) is 124 Å². The summed E-state index contributed by atoms with van der Waals surface area (Å²) in [6.45, 7) is 0.542. The fourth-order valence-electron chi connectivity index (χ4n) is 3.90. The molecule has 0 amide bonds. The molecule has 3 aromatic carbocycles. The maximum absolute atomic E-state index is 12.8. The summed E-state index contributed by atoms with van der Waals surface area (Å²) in [7, 11) is 1.53. The predicted octanol–water partition coefficient (Wildman–Crippen LogP) is 4.09. The molecule has 0 bridgehead atoms. The average Bonchev–Trinajstić information content (AvgIpc) is 2.92. The lowest BCUT2D eigenvalue weighted by Crippen LogP contribution is -2.21. The number of hydrogen-bond donors (Lipinski definition) is 2. The Bertz CT molecular complexity index is 1320.